The molecule has 1 unspecified atom stereocenters. The zero-order chi connectivity index (χ0) is 25.5. The summed E-state index contributed by atoms with van der Waals surface area (Å²) < 4.78 is 0.579. The molecule has 3 heterocycles. The highest BCUT2D eigenvalue weighted by molar-refractivity contribution is 9.10. The molecule has 9 nitrogen and oxygen atoms in total. The second-order valence-corrected chi connectivity index (χ2v) is 9.70. The summed E-state index contributed by atoms with van der Waals surface area (Å²) in [6.45, 7) is 1.11. The van der Waals surface area contributed by atoms with Gasteiger partial charge in [-0.25, -0.2) is 9.78 Å². The van der Waals surface area contributed by atoms with Gasteiger partial charge in [-0.3, -0.25) is 9.59 Å². The standard InChI is InChI=1S/C26H30BrN5O4/c27-22-18-8-2-3-9-19(18)31-23(22)25(34)32-20(26(35)36)13-15-28-21(33)10-4-1-7-17-12-11-16-6-5-14-29-24(16)30-17/h2-3,8-9,11-12,20,31H,1,4-7,10,13-15H2,(H,28,33)(H,29,30)(H,32,34)(H,35,36). The number of unbranched alkanes of at least 4 members (excludes halogenated alkanes) is 1. The quantitative estimate of drug-likeness (QED) is 0.228. The Balaban J connectivity index is 1.18. The van der Waals surface area contributed by atoms with Crippen LogP contribution in [0, 0.1) is 0 Å². The molecule has 0 fully saturated rings. The SMILES string of the molecule is O=C(CCCCc1ccc2c(n1)NCCC2)NCCC(NC(=O)c1[nH]c2ccccc2c1Br)C(=O)O. The van der Waals surface area contributed by atoms with Gasteiger partial charge in [0.25, 0.3) is 5.91 Å². The Kier molecular flexibility index (Phi) is 8.58. The van der Waals surface area contributed by atoms with Gasteiger partial charge in [-0.15, -0.1) is 0 Å². The first-order valence-corrected chi connectivity index (χ1v) is 13.0. The number of para-hydroxylation sites is 1. The third kappa shape index (κ3) is 6.42. The summed E-state index contributed by atoms with van der Waals surface area (Å²) in [4.78, 5) is 44.2. The maximum Gasteiger partial charge on any atom is 0.326 e. The van der Waals surface area contributed by atoms with Crippen LogP contribution in [-0.2, 0) is 22.4 Å². The molecule has 0 radical (unpaired) electrons. The van der Waals surface area contributed by atoms with E-state index in [0.717, 1.165) is 54.6 Å². The predicted octanol–water partition coefficient (Wildman–Crippen LogP) is 3.79. The molecular formula is C26H30BrN5O4. The van der Waals surface area contributed by atoms with E-state index in [9.17, 15) is 19.5 Å². The summed E-state index contributed by atoms with van der Waals surface area (Å²) in [5, 5.41) is 19.0. The van der Waals surface area contributed by atoms with Crippen LogP contribution in [0.2, 0.25) is 0 Å². The van der Waals surface area contributed by atoms with E-state index in [1.807, 2.05) is 24.3 Å². The number of nitrogens with one attached hydrogen (secondary N) is 4. The minimum atomic E-state index is -1.16. The number of pyridine rings is 1. The van der Waals surface area contributed by atoms with E-state index < -0.39 is 17.9 Å². The number of carbonyl (C=O) groups is 3. The van der Waals surface area contributed by atoms with Crippen LogP contribution in [-0.4, -0.2) is 52.0 Å². The Morgan fingerprint density at radius 2 is 1.97 bits per heavy atom. The van der Waals surface area contributed by atoms with Crippen LogP contribution in [0.3, 0.4) is 0 Å². The van der Waals surface area contributed by atoms with Gasteiger partial charge in [0.1, 0.15) is 17.6 Å². The van der Waals surface area contributed by atoms with Gasteiger partial charge in [0, 0.05) is 36.1 Å². The highest BCUT2D eigenvalue weighted by atomic mass is 79.9. The first-order chi connectivity index (χ1) is 17.4. The van der Waals surface area contributed by atoms with E-state index in [0.29, 0.717) is 17.3 Å². The summed E-state index contributed by atoms with van der Waals surface area (Å²) >= 11 is 3.41. The minimum Gasteiger partial charge on any atom is -0.480 e. The molecule has 1 aliphatic rings. The first-order valence-electron chi connectivity index (χ1n) is 12.2. The van der Waals surface area contributed by atoms with Gasteiger partial charge in [0.2, 0.25) is 5.91 Å². The number of hydrogen-bond donors (Lipinski definition) is 5. The smallest absolute Gasteiger partial charge is 0.326 e. The highest BCUT2D eigenvalue weighted by Crippen LogP contribution is 2.27. The van der Waals surface area contributed by atoms with E-state index >= 15 is 0 Å². The lowest BCUT2D eigenvalue weighted by Gasteiger charge is -2.17. The minimum absolute atomic E-state index is 0.0801. The van der Waals surface area contributed by atoms with Crippen LogP contribution in [0.4, 0.5) is 5.82 Å². The molecule has 3 aromatic rings. The number of amides is 2. The topological polar surface area (TPSA) is 136 Å². The van der Waals surface area contributed by atoms with Crippen LogP contribution in [0.1, 0.15) is 53.8 Å². The van der Waals surface area contributed by atoms with Crippen LogP contribution in [0.25, 0.3) is 10.9 Å². The van der Waals surface area contributed by atoms with Crippen molar-refractivity contribution in [2.75, 3.05) is 18.4 Å². The number of aliphatic carboxylic acids is 1. The fourth-order valence-electron chi connectivity index (χ4n) is 4.30. The average molecular weight is 556 g/mol. The number of fused-ring (bicyclic) bond motifs is 2. The Bertz CT molecular complexity index is 1260. The van der Waals surface area contributed by atoms with Gasteiger partial charge >= 0.3 is 5.97 Å². The predicted molar refractivity (Wildman–Crippen MR) is 141 cm³/mol. The normalized spacial score (nSPS) is 13.5. The molecule has 2 aromatic heterocycles. The molecular weight excluding hydrogens is 526 g/mol. The summed E-state index contributed by atoms with van der Waals surface area (Å²) in [7, 11) is 0. The second kappa shape index (κ2) is 12.0. The Labute approximate surface area is 217 Å². The van der Waals surface area contributed by atoms with Gasteiger partial charge in [0.05, 0.1) is 4.47 Å². The molecule has 0 saturated carbocycles. The lowest BCUT2D eigenvalue weighted by Crippen LogP contribution is -2.43. The molecule has 10 heteroatoms. The van der Waals surface area contributed by atoms with E-state index in [1.165, 1.54) is 5.56 Å². The average Bonchev–Trinajstić information content (AvgIpc) is 3.22. The third-order valence-electron chi connectivity index (χ3n) is 6.27. The monoisotopic (exact) mass is 555 g/mol. The number of hydrogen-bond acceptors (Lipinski definition) is 5. The number of aromatic amines is 1. The van der Waals surface area contributed by atoms with Crippen LogP contribution < -0.4 is 16.0 Å². The third-order valence-corrected chi connectivity index (χ3v) is 7.09. The van der Waals surface area contributed by atoms with Crippen molar-refractivity contribution >= 4 is 50.4 Å². The molecule has 0 aliphatic carbocycles. The molecule has 36 heavy (non-hydrogen) atoms. The maximum atomic E-state index is 12.7. The second-order valence-electron chi connectivity index (χ2n) is 8.91. The van der Waals surface area contributed by atoms with Crippen molar-refractivity contribution in [3.8, 4) is 0 Å². The lowest BCUT2D eigenvalue weighted by molar-refractivity contribution is -0.139. The molecule has 0 spiro atoms. The molecule has 1 aromatic carbocycles. The number of aryl methyl sites for hydroxylation is 2. The van der Waals surface area contributed by atoms with Gasteiger partial charge in [0.15, 0.2) is 0 Å². The fourth-order valence-corrected chi connectivity index (χ4v) is 4.92. The number of H-pyrrole nitrogens is 1. The van der Waals surface area contributed by atoms with E-state index in [2.05, 4.69) is 54.0 Å². The molecule has 5 N–H and O–H groups in total. The van der Waals surface area contributed by atoms with Crippen molar-refractivity contribution in [1.29, 1.82) is 0 Å². The van der Waals surface area contributed by atoms with Crippen molar-refractivity contribution < 1.29 is 19.5 Å². The van der Waals surface area contributed by atoms with Gasteiger partial charge in [-0.1, -0.05) is 24.3 Å². The van der Waals surface area contributed by atoms with Gasteiger partial charge in [-0.2, -0.15) is 0 Å². The number of aromatic nitrogens is 2. The van der Waals surface area contributed by atoms with E-state index in [4.69, 9.17) is 0 Å². The van der Waals surface area contributed by atoms with Gasteiger partial charge < -0.3 is 26.0 Å². The molecule has 4 rings (SSSR count). The zero-order valence-electron chi connectivity index (χ0n) is 19.9. The Morgan fingerprint density at radius 1 is 1.14 bits per heavy atom. The lowest BCUT2D eigenvalue weighted by atomic mass is 10.1. The highest BCUT2D eigenvalue weighted by Gasteiger charge is 2.23. The number of carboxylic acid groups (broad SMARTS) is 1. The molecule has 1 aliphatic heterocycles. The number of nitrogens with zero attached hydrogens (tertiary/aromatic N) is 1. The summed E-state index contributed by atoms with van der Waals surface area (Å²) in [5.74, 6) is -0.836. The van der Waals surface area contributed by atoms with E-state index in [1.54, 1.807) is 0 Å². The molecule has 0 saturated heterocycles. The van der Waals surface area contributed by atoms with Crippen molar-refractivity contribution in [3.63, 3.8) is 0 Å². The van der Waals surface area contributed by atoms with Crippen molar-refractivity contribution in [3.05, 3.63) is 57.8 Å². The molecule has 2 amide bonds. The number of carbonyl (C=O) groups excluding carboxylic acids is 2. The summed E-state index contributed by atoms with van der Waals surface area (Å²) in [5.41, 5.74) is 3.31. The molecule has 1 atom stereocenters. The van der Waals surface area contributed by atoms with Crippen molar-refractivity contribution in [2.24, 2.45) is 0 Å². The first kappa shape index (κ1) is 25.7. The number of rotatable bonds is 11. The summed E-state index contributed by atoms with van der Waals surface area (Å²) in [6, 6.07) is 10.5. The number of benzene rings is 1. The van der Waals surface area contributed by atoms with Crippen molar-refractivity contribution in [2.45, 2.75) is 51.0 Å². The maximum absolute atomic E-state index is 12.7. The number of carboxylic acids is 1. The Hall–Kier alpha value is -3.40. The largest absolute Gasteiger partial charge is 0.480 e. The van der Waals surface area contributed by atoms with Crippen molar-refractivity contribution in [1.82, 2.24) is 20.6 Å². The number of anilines is 1. The van der Waals surface area contributed by atoms with Crippen LogP contribution in [0.5, 0.6) is 0 Å². The Morgan fingerprint density at radius 3 is 2.78 bits per heavy atom. The van der Waals surface area contributed by atoms with E-state index in [-0.39, 0.29) is 24.6 Å². The molecule has 190 valence electrons. The van der Waals surface area contributed by atoms with Gasteiger partial charge in [-0.05, 0) is 72.2 Å². The van der Waals surface area contributed by atoms with Crippen LogP contribution >= 0.6 is 15.9 Å². The fraction of sp³-hybridized carbons (Fsp3) is 0.385. The molecule has 0 bridgehead atoms. The number of halogens is 1. The van der Waals surface area contributed by atoms with Crippen LogP contribution in [0.15, 0.2) is 40.9 Å². The zero-order valence-corrected chi connectivity index (χ0v) is 21.5. The summed E-state index contributed by atoms with van der Waals surface area (Å²) in [6.07, 6.45) is 4.98.